The fourth-order valence-corrected chi connectivity index (χ4v) is 0.553. The molecule has 0 fully saturated rings. The summed E-state index contributed by atoms with van der Waals surface area (Å²) in [6.07, 6.45) is 3.31. The third-order valence-corrected chi connectivity index (χ3v) is 1.39. The Morgan fingerprint density at radius 3 is 1.62 bits per heavy atom. The van der Waals surface area contributed by atoms with Gasteiger partial charge >= 0.3 is 0 Å². The normalized spacial score (nSPS) is 9.00. The molecule has 0 aromatic carbocycles. The van der Waals surface area contributed by atoms with Crippen molar-refractivity contribution in [3.8, 4) is 0 Å². The van der Waals surface area contributed by atoms with E-state index in [2.05, 4.69) is 20.8 Å². The number of hydrogen-bond acceptors (Lipinski definition) is 0. The average Bonchev–Trinajstić information content (AvgIpc) is 1.72. The van der Waals surface area contributed by atoms with Crippen LogP contribution in [0, 0.1) is 19.8 Å². The Balaban J connectivity index is 0. The van der Waals surface area contributed by atoms with Crippen molar-refractivity contribution < 1.29 is 32.7 Å². The van der Waals surface area contributed by atoms with Crippen molar-refractivity contribution >= 4 is 0 Å². The van der Waals surface area contributed by atoms with Crippen LogP contribution in [-0.4, -0.2) is 0 Å². The molecule has 0 aliphatic carbocycles. The van der Waals surface area contributed by atoms with Crippen molar-refractivity contribution in [3.05, 3.63) is 13.8 Å². The Hall–Kier alpha value is 1.10. The van der Waals surface area contributed by atoms with Crippen molar-refractivity contribution in [1.29, 1.82) is 0 Å². The molecule has 8 heavy (non-hydrogen) atoms. The minimum atomic E-state index is 0. The van der Waals surface area contributed by atoms with E-state index in [4.69, 9.17) is 0 Å². The third kappa shape index (κ3) is 5.24. The Morgan fingerprint density at radius 1 is 1.25 bits per heavy atom. The maximum absolute atomic E-state index is 3.79. The van der Waals surface area contributed by atoms with E-state index in [0.717, 1.165) is 18.8 Å². The fourth-order valence-electron chi connectivity index (χ4n) is 0.553. The van der Waals surface area contributed by atoms with Gasteiger partial charge in [0.05, 0.1) is 0 Å². The molecule has 0 aliphatic heterocycles. The molecule has 0 bridgehead atoms. The van der Waals surface area contributed by atoms with E-state index in [1.54, 1.807) is 0 Å². The van der Waals surface area contributed by atoms with Crippen molar-refractivity contribution in [2.45, 2.75) is 26.2 Å². The van der Waals surface area contributed by atoms with E-state index >= 15 is 0 Å². The zero-order valence-corrected chi connectivity index (χ0v) is 8.53. The SMILES string of the molecule is [CH2-]CC(C[CH2-])CC.[Y]. The molecule has 0 amide bonds. The molecule has 0 rings (SSSR count). The molecule has 1 radical (unpaired) electrons. The molecule has 0 saturated heterocycles. The molecule has 0 unspecified atom stereocenters. The zero-order valence-electron chi connectivity index (χ0n) is 5.69. The van der Waals surface area contributed by atoms with Crippen molar-refractivity contribution in [3.63, 3.8) is 0 Å². The maximum atomic E-state index is 3.79. The monoisotopic (exact) mass is 187 g/mol. The molecule has 0 aliphatic rings. The summed E-state index contributed by atoms with van der Waals surface area (Å²) in [6, 6.07) is 0. The van der Waals surface area contributed by atoms with Gasteiger partial charge in [0.25, 0.3) is 0 Å². The molecule has 0 saturated carbocycles. The van der Waals surface area contributed by atoms with E-state index in [0.29, 0.717) is 0 Å². The van der Waals surface area contributed by atoms with Crippen LogP contribution >= 0.6 is 0 Å². The van der Waals surface area contributed by atoms with Crippen molar-refractivity contribution in [2.75, 3.05) is 0 Å². The Labute approximate surface area is 78.3 Å². The van der Waals surface area contributed by atoms with Gasteiger partial charge in [-0.05, 0) is 0 Å². The Bertz CT molecular complexity index is 25.9. The minimum absolute atomic E-state index is 0. The van der Waals surface area contributed by atoms with Crippen molar-refractivity contribution in [1.82, 2.24) is 0 Å². The van der Waals surface area contributed by atoms with Crippen LogP contribution in [0.15, 0.2) is 0 Å². The van der Waals surface area contributed by atoms with Gasteiger partial charge in [0, 0.05) is 32.7 Å². The molecule has 47 valence electrons. The first kappa shape index (κ1) is 11.8. The van der Waals surface area contributed by atoms with Gasteiger partial charge in [-0.2, -0.15) is 12.8 Å². The molecule has 0 aromatic rings. The van der Waals surface area contributed by atoms with Crippen LogP contribution in [0.5, 0.6) is 0 Å². The molecule has 0 aromatic heterocycles. The maximum Gasteiger partial charge on any atom is 0 e. The molecule has 0 nitrogen and oxygen atoms in total. The summed E-state index contributed by atoms with van der Waals surface area (Å²) in [5.41, 5.74) is 0. The van der Waals surface area contributed by atoms with Gasteiger partial charge in [-0.1, -0.05) is 19.3 Å². The van der Waals surface area contributed by atoms with Crippen LogP contribution in [0.3, 0.4) is 0 Å². The Morgan fingerprint density at radius 2 is 1.62 bits per heavy atom. The van der Waals surface area contributed by atoms with Crippen LogP contribution in [0.1, 0.15) is 26.2 Å². The molecule has 0 spiro atoms. The minimum Gasteiger partial charge on any atom is -0.343 e. The second kappa shape index (κ2) is 8.10. The topological polar surface area (TPSA) is 0 Å². The Kier molecular flexibility index (Phi) is 12.0. The van der Waals surface area contributed by atoms with Crippen LogP contribution in [0.2, 0.25) is 0 Å². The first-order valence-corrected chi connectivity index (χ1v) is 2.93. The predicted octanol–water partition coefficient (Wildman–Crippen LogP) is 2.46. The molecular weight excluding hydrogens is 173 g/mol. The summed E-state index contributed by atoms with van der Waals surface area (Å²) in [5, 5.41) is 0. The van der Waals surface area contributed by atoms with E-state index < -0.39 is 0 Å². The molecular formula is C7H14Y-2. The van der Waals surface area contributed by atoms with Gasteiger partial charge in [-0.25, -0.2) is 0 Å². The number of rotatable bonds is 3. The number of hydrogen-bond donors (Lipinski definition) is 0. The summed E-state index contributed by atoms with van der Waals surface area (Å²) >= 11 is 0. The first-order valence-electron chi connectivity index (χ1n) is 2.93. The second-order valence-electron chi connectivity index (χ2n) is 1.85. The first-order chi connectivity index (χ1) is 3.35. The molecule has 0 N–H and O–H groups in total. The molecule has 1 heteroatoms. The predicted molar refractivity (Wildman–Crippen MR) is 33.7 cm³/mol. The summed E-state index contributed by atoms with van der Waals surface area (Å²) in [7, 11) is 0. The van der Waals surface area contributed by atoms with Gasteiger partial charge < -0.3 is 13.8 Å². The smallest absolute Gasteiger partial charge is 0 e. The van der Waals surface area contributed by atoms with Gasteiger partial charge in [-0.3, -0.25) is 0 Å². The standard InChI is InChI=1S/C7H14.Y/c1-4-7(5-2)6-3;/h7H,1-2,4-6H2,3H3;/q-2;. The average molecular weight is 187 g/mol. The summed E-state index contributed by atoms with van der Waals surface area (Å²) < 4.78 is 0. The van der Waals surface area contributed by atoms with Crippen LogP contribution < -0.4 is 0 Å². The van der Waals surface area contributed by atoms with Gasteiger partial charge in [0.1, 0.15) is 0 Å². The van der Waals surface area contributed by atoms with Crippen LogP contribution in [0.4, 0.5) is 0 Å². The molecule has 0 atom stereocenters. The fraction of sp³-hybridized carbons (Fsp3) is 0.714. The zero-order chi connectivity index (χ0) is 5.70. The summed E-state index contributed by atoms with van der Waals surface area (Å²) in [4.78, 5) is 0. The second-order valence-corrected chi connectivity index (χ2v) is 1.85. The third-order valence-electron chi connectivity index (χ3n) is 1.39. The van der Waals surface area contributed by atoms with Crippen LogP contribution in [-0.2, 0) is 32.7 Å². The van der Waals surface area contributed by atoms with Gasteiger partial charge in [-0.15, -0.1) is 0 Å². The molecule has 0 heterocycles. The van der Waals surface area contributed by atoms with E-state index in [-0.39, 0.29) is 32.7 Å². The van der Waals surface area contributed by atoms with E-state index in [1.165, 1.54) is 6.42 Å². The summed E-state index contributed by atoms with van der Waals surface area (Å²) in [6.45, 7) is 9.76. The van der Waals surface area contributed by atoms with Gasteiger partial charge in [0.2, 0.25) is 0 Å². The van der Waals surface area contributed by atoms with Gasteiger partial charge in [0.15, 0.2) is 0 Å². The van der Waals surface area contributed by atoms with E-state index in [9.17, 15) is 0 Å². The quantitative estimate of drug-likeness (QED) is 0.595. The van der Waals surface area contributed by atoms with Crippen molar-refractivity contribution in [2.24, 2.45) is 5.92 Å². The largest absolute Gasteiger partial charge is 0.343 e. The van der Waals surface area contributed by atoms with E-state index in [1.807, 2.05) is 0 Å². The summed E-state index contributed by atoms with van der Waals surface area (Å²) in [5.74, 6) is 0.764. The van der Waals surface area contributed by atoms with Crippen LogP contribution in [0.25, 0.3) is 0 Å².